The number of halogens is 1. The van der Waals surface area contributed by atoms with E-state index in [4.69, 9.17) is 25.6 Å². The predicted molar refractivity (Wildman–Crippen MR) is 111 cm³/mol. The van der Waals surface area contributed by atoms with E-state index in [2.05, 4.69) is 15.0 Å². The Balaban J connectivity index is 1.68. The van der Waals surface area contributed by atoms with E-state index in [1.54, 1.807) is 37.1 Å². The smallest absolute Gasteiger partial charge is 0.298 e. The summed E-state index contributed by atoms with van der Waals surface area (Å²) in [5.41, 5.74) is 1.29. The van der Waals surface area contributed by atoms with Gasteiger partial charge in [-0.15, -0.1) is 0 Å². The fourth-order valence-corrected chi connectivity index (χ4v) is 4.45. The molecule has 1 saturated heterocycles. The van der Waals surface area contributed by atoms with E-state index in [0.29, 0.717) is 53.4 Å². The lowest BCUT2D eigenvalue weighted by molar-refractivity contribution is 0.0390. The van der Waals surface area contributed by atoms with Crippen LogP contribution in [0.25, 0.3) is 10.2 Å². The number of morpholine rings is 1. The molecule has 1 fully saturated rings. The van der Waals surface area contributed by atoms with Gasteiger partial charge in [0, 0.05) is 32.2 Å². The highest BCUT2D eigenvalue weighted by molar-refractivity contribution is 7.23. The summed E-state index contributed by atoms with van der Waals surface area (Å²) in [7, 11) is 1.58. The molecule has 4 rings (SSSR count). The number of fused-ring (bicyclic) bond motifs is 1. The number of thiazole rings is 1. The van der Waals surface area contributed by atoms with Crippen molar-refractivity contribution in [2.24, 2.45) is 0 Å². The number of benzene rings is 1. The SMILES string of the molecule is COc1ccc(Cl)c2sc(N(CCN3CCOCC3)C(=O)c3cc(C)no3)nc12. The Labute approximate surface area is 176 Å². The molecule has 1 aromatic carbocycles. The quantitative estimate of drug-likeness (QED) is 0.586. The summed E-state index contributed by atoms with van der Waals surface area (Å²) in [4.78, 5) is 21.8. The van der Waals surface area contributed by atoms with Crippen LogP contribution < -0.4 is 9.64 Å². The van der Waals surface area contributed by atoms with E-state index in [-0.39, 0.29) is 11.7 Å². The summed E-state index contributed by atoms with van der Waals surface area (Å²) >= 11 is 7.72. The molecule has 0 radical (unpaired) electrons. The van der Waals surface area contributed by atoms with Gasteiger partial charge < -0.3 is 14.0 Å². The van der Waals surface area contributed by atoms with Crippen molar-refractivity contribution in [3.63, 3.8) is 0 Å². The van der Waals surface area contributed by atoms with Crippen LogP contribution in [0, 0.1) is 6.92 Å². The first-order chi connectivity index (χ1) is 14.1. The summed E-state index contributed by atoms with van der Waals surface area (Å²) in [5, 5.41) is 4.95. The second-order valence-electron chi connectivity index (χ2n) is 6.67. The average molecular weight is 437 g/mol. The summed E-state index contributed by atoms with van der Waals surface area (Å²) < 4.78 is 16.8. The molecule has 0 bridgehead atoms. The number of rotatable bonds is 6. The summed E-state index contributed by atoms with van der Waals surface area (Å²) in [6, 6.07) is 5.17. The van der Waals surface area contributed by atoms with Crippen molar-refractivity contribution in [2.75, 3.05) is 51.4 Å². The van der Waals surface area contributed by atoms with E-state index >= 15 is 0 Å². The number of ether oxygens (including phenoxy) is 2. The van der Waals surface area contributed by atoms with E-state index < -0.39 is 0 Å². The molecule has 8 nitrogen and oxygen atoms in total. The predicted octanol–water partition coefficient (Wildman–Crippen LogP) is 3.23. The minimum Gasteiger partial charge on any atom is -0.494 e. The van der Waals surface area contributed by atoms with Crippen LogP contribution >= 0.6 is 22.9 Å². The normalized spacial score (nSPS) is 15.0. The minimum absolute atomic E-state index is 0.182. The maximum Gasteiger partial charge on any atom is 0.298 e. The van der Waals surface area contributed by atoms with E-state index in [9.17, 15) is 4.79 Å². The van der Waals surface area contributed by atoms with Gasteiger partial charge in [-0.25, -0.2) is 4.98 Å². The van der Waals surface area contributed by atoms with Crippen LogP contribution in [0.4, 0.5) is 5.13 Å². The van der Waals surface area contributed by atoms with Crippen LogP contribution in [0.1, 0.15) is 16.2 Å². The van der Waals surface area contributed by atoms with Gasteiger partial charge in [0.1, 0.15) is 11.3 Å². The van der Waals surface area contributed by atoms with Gasteiger partial charge in [-0.1, -0.05) is 28.1 Å². The third kappa shape index (κ3) is 4.23. The molecule has 0 unspecified atom stereocenters. The van der Waals surface area contributed by atoms with Gasteiger partial charge in [-0.3, -0.25) is 14.6 Å². The van der Waals surface area contributed by atoms with E-state index in [1.807, 2.05) is 0 Å². The van der Waals surface area contributed by atoms with Crippen molar-refractivity contribution in [1.29, 1.82) is 0 Å². The number of nitrogens with zero attached hydrogens (tertiary/aromatic N) is 4. The first-order valence-electron chi connectivity index (χ1n) is 9.25. The number of aryl methyl sites for hydroxylation is 1. The average Bonchev–Trinajstić information content (AvgIpc) is 3.36. The fourth-order valence-electron chi connectivity index (χ4n) is 3.17. The Morgan fingerprint density at radius 1 is 1.38 bits per heavy atom. The molecule has 1 aliphatic heterocycles. The minimum atomic E-state index is -0.284. The third-order valence-electron chi connectivity index (χ3n) is 4.73. The number of carbonyl (C=O) groups excluding carboxylic acids is 1. The molecule has 3 aromatic rings. The largest absolute Gasteiger partial charge is 0.494 e. The fraction of sp³-hybridized carbons (Fsp3) is 0.421. The molecule has 1 aliphatic rings. The zero-order valence-corrected chi connectivity index (χ0v) is 17.8. The lowest BCUT2D eigenvalue weighted by atomic mass is 10.3. The highest BCUT2D eigenvalue weighted by Crippen LogP contribution is 2.39. The van der Waals surface area contributed by atoms with Crippen LogP contribution in [0.3, 0.4) is 0 Å². The first kappa shape index (κ1) is 20.1. The molecule has 0 aliphatic carbocycles. The maximum atomic E-state index is 13.2. The molecule has 2 aromatic heterocycles. The molecule has 0 saturated carbocycles. The van der Waals surface area contributed by atoms with Gasteiger partial charge in [0.2, 0.25) is 5.76 Å². The number of aromatic nitrogens is 2. The molecule has 10 heteroatoms. The number of amides is 1. The highest BCUT2D eigenvalue weighted by atomic mass is 35.5. The van der Waals surface area contributed by atoms with E-state index in [1.165, 1.54) is 11.3 Å². The van der Waals surface area contributed by atoms with Crippen molar-refractivity contribution in [1.82, 2.24) is 15.0 Å². The lowest BCUT2D eigenvalue weighted by Crippen LogP contribution is -2.43. The molecular weight excluding hydrogens is 416 g/mol. The Hall–Kier alpha value is -2.20. The molecule has 0 spiro atoms. The van der Waals surface area contributed by atoms with Crippen molar-refractivity contribution in [3.8, 4) is 5.75 Å². The zero-order chi connectivity index (χ0) is 20.4. The molecule has 0 atom stereocenters. The van der Waals surface area contributed by atoms with Crippen molar-refractivity contribution in [2.45, 2.75) is 6.92 Å². The van der Waals surface area contributed by atoms with Crippen molar-refractivity contribution in [3.05, 3.63) is 34.7 Å². The number of methoxy groups -OCH3 is 1. The van der Waals surface area contributed by atoms with Gasteiger partial charge >= 0.3 is 0 Å². The molecule has 1 amide bonds. The molecule has 0 N–H and O–H groups in total. The highest BCUT2D eigenvalue weighted by Gasteiger charge is 2.26. The number of carbonyl (C=O) groups is 1. The van der Waals surface area contributed by atoms with Gasteiger partial charge in [0.15, 0.2) is 5.13 Å². The van der Waals surface area contributed by atoms with Crippen LogP contribution in [0.5, 0.6) is 5.75 Å². The van der Waals surface area contributed by atoms with Gasteiger partial charge in [-0.05, 0) is 19.1 Å². The number of anilines is 1. The third-order valence-corrected chi connectivity index (χ3v) is 6.26. The summed E-state index contributed by atoms with van der Waals surface area (Å²) in [6.07, 6.45) is 0. The van der Waals surface area contributed by atoms with Crippen molar-refractivity contribution >= 4 is 44.2 Å². The Bertz CT molecular complexity index is 1010. The van der Waals surface area contributed by atoms with Crippen LogP contribution in [-0.2, 0) is 4.74 Å². The van der Waals surface area contributed by atoms with Crippen LogP contribution in [-0.4, -0.2) is 67.5 Å². The van der Waals surface area contributed by atoms with Gasteiger partial charge in [0.05, 0.1) is 35.7 Å². The second kappa shape index (κ2) is 8.66. The number of hydrogen-bond acceptors (Lipinski definition) is 8. The second-order valence-corrected chi connectivity index (χ2v) is 8.05. The summed E-state index contributed by atoms with van der Waals surface area (Å²) in [5.74, 6) is 0.512. The monoisotopic (exact) mass is 436 g/mol. The Morgan fingerprint density at radius 2 is 2.17 bits per heavy atom. The van der Waals surface area contributed by atoms with E-state index in [0.717, 1.165) is 17.8 Å². The lowest BCUT2D eigenvalue weighted by Gasteiger charge is -2.28. The molecule has 3 heterocycles. The Morgan fingerprint density at radius 3 is 2.86 bits per heavy atom. The topological polar surface area (TPSA) is 80.9 Å². The summed E-state index contributed by atoms with van der Waals surface area (Å²) in [6.45, 7) is 6.00. The first-order valence-corrected chi connectivity index (χ1v) is 10.4. The maximum absolute atomic E-state index is 13.2. The zero-order valence-electron chi connectivity index (χ0n) is 16.2. The van der Waals surface area contributed by atoms with Gasteiger partial charge in [-0.2, -0.15) is 0 Å². The van der Waals surface area contributed by atoms with Gasteiger partial charge in [0.25, 0.3) is 5.91 Å². The molecular formula is C19H21ClN4O4S. The number of hydrogen-bond donors (Lipinski definition) is 0. The van der Waals surface area contributed by atoms with Crippen LogP contribution in [0.2, 0.25) is 5.02 Å². The molecule has 29 heavy (non-hydrogen) atoms. The Kier molecular flexibility index (Phi) is 6.00. The van der Waals surface area contributed by atoms with Crippen LogP contribution in [0.15, 0.2) is 22.7 Å². The molecule has 154 valence electrons. The van der Waals surface area contributed by atoms with Crippen molar-refractivity contribution < 1.29 is 18.8 Å². The standard InChI is InChI=1S/C19H21ClN4O4S/c1-12-11-15(28-22-12)18(25)24(6-5-23-7-9-27-10-8-23)19-21-16-14(26-2)4-3-13(20)17(16)29-19/h3-4,11H,5-10H2,1-2H3.